The predicted molar refractivity (Wildman–Crippen MR) is 31.3 cm³/mol. The van der Waals surface area contributed by atoms with Crippen LogP contribution in [-0.4, -0.2) is 18.5 Å². The van der Waals surface area contributed by atoms with Crippen molar-refractivity contribution >= 4 is 0 Å². The molecule has 0 radical (unpaired) electrons. The van der Waals surface area contributed by atoms with E-state index in [1.807, 2.05) is 0 Å². The van der Waals surface area contributed by atoms with Gasteiger partial charge in [0.15, 0.2) is 0 Å². The fourth-order valence-electron chi connectivity index (χ4n) is 0.987. The lowest BCUT2D eigenvalue weighted by Gasteiger charge is -2.34. The Morgan fingerprint density at radius 2 is 1.91 bits per heavy atom. The van der Waals surface area contributed by atoms with Crippen LogP contribution in [0.2, 0.25) is 0 Å². The molecule has 66 valence electrons. The average Bonchev–Trinajstić information content (AvgIpc) is 1.75. The van der Waals surface area contributed by atoms with E-state index in [-0.39, 0.29) is 6.04 Å². The number of alkyl halides is 3. The number of halogens is 3. The average molecular weight is 170 g/mol. The van der Waals surface area contributed by atoms with Gasteiger partial charge in [-0.05, 0) is 12.8 Å². The maximum atomic E-state index is 11.5. The van der Waals surface area contributed by atoms with Gasteiger partial charge in [-0.3, -0.25) is 16.0 Å². The second-order valence-electron chi connectivity index (χ2n) is 2.52. The number of hydrazine groups is 1. The minimum Gasteiger partial charge on any atom is -0.288 e. The van der Waals surface area contributed by atoms with Gasteiger partial charge in [-0.25, -0.2) is 0 Å². The molecule has 1 aliphatic rings. The largest absolute Gasteiger partial charge is 0.522 e. The molecule has 0 bridgehead atoms. The zero-order chi connectivity index (χ0) is 8.48. The fraction of sp³-hybridized carbons (Fsp3) is 1.00. The Morgan fingerprint density at radius 1 is 1.36 bits per heavy atom. The summed E-state index contributed by atoms with van der Waals surface area (Å²) in [5, 5.41) is 0. The molecule has 0 aromatic heterocycles. The minimum atomic E-state index is -4.51. The number of nitrogens with one attached hydrogen (secondary N) is 1. The van der Waals surface area contributed by atoms with Crippen molar-refractivity contribution < 1.29 is 17.9 Å². The molecule has 3 N–H and O–H groups in total. The molecule has 0 unspecified atom stereocenters. The molecule has 11 heavy (non-hydrogen) atoms. The van der Waals surface area contributed by atoms with E-state index < -0.39 is 12.5 Å². The number of ether oxygens (including phenoxy) is 1. The van der Waals surface area contributed by atoms with E-state index in [1.165, 1.54) is 0 Å². The molecular weight excluding hydrogens is 161 g/mol. The van der Waals surface area contributed by atoms with Gasteiger partial charge in [0.2, 0.25) is 0 Å². The summed E-state index contributed by atoms with van der Waals surface area (Å²) in [4.78, 5) is 0. The first-order valence-corrected chi connectivity index (χ1v) is 3.22. The van der Waals surface area contributed by atoms with Crippen molar-refractivity contribution in [1.29, 1.82) is 0 Å². The normalized spacial score (nSPS) is 31.6. The van der Waals surface area contributed by atoms with Crippen LogP contribution in [0, 0.1) is 0 Å². The van der Waals surface area contributed by atoms with Gasteiger partial charge in [0.1, 0.15) is 0 Å². The van der Waals surface area contributed by atoms with Gasteiger partial charge in [0, 0.05) is 6.04 Å². The van der Waals surface area contributed by atoms with Crippen LogP contribution in [0.25, 0.3) is 0 Å². The molecule has 0 amide bonds. The summed E-state index contributed by atoms with van der Waals surface area (Å²) in [6.45, 7) is 0. The van der Waals surface area contributed by atoms with E-state index in [1.54, 1.807) is 0 Å². The molecule has 1 aliphatic carbocycles. The SMILES string of the molecule is NNC1CC(OC(F)(F)F)C1. The van der Waals surface area contributed by atoms with Crippen molar-refractivity contribution in [1.82, 2.24) is 5.43 Å². The highest BCUT2D eigenvalue weighted by molar-refractivity contribution is 4.84. The molecule has 3 nitrogen and oxygen atoms in total. The standard InChI is InChI=1S/C5H9F3N2O/c6-5(7,8)11-4-1-3(2-4)10-9/h3-4,10H,1-2,9H2. The van der Waals surface area contributed by atoms with Crippen LogP contribution in [0.3, 0.4) is 0 Å². The summed E-state index contributed by atoms with van der Waals surface area (Å²) in [7, 11) is 0. The monoisotopic (exact) mass is 170 g/mol. The van der Waals surface area contributed by atoms with Crippen molar-refractivity contribution in [2.24, 2.45) is 5.84 Å². The number of hydrogen-bond donors (Lipinski definition) is 2. The highest BCUT2D eigenvalue weighted by Crippen LogP contribution is 2.29. The molecule has 0 heterocycles. The van der Waals surface area contributed by atoms with E-state index in [0.717, 1.165) is 0 Å². The van der Waals surface area contributed by atoms with E-state index >= 15 is 0 Å². The molecular formula is C5H9F3N2O. The van der Waals surface area contributed by atoms with E-state index in [0.29, 0.717) is 12.8 Å². The summed E-state index contributed by atoms with van der Waals surface area (Å²) in [5.74, 6) is 4.97. The lowest BCUT2D eigenvalue weighted by atomic mass is 9.90. The highest BCUT2D eigenvalue weighted by Gasteiger charge is 2.39. The zero-order valence-electron chi connectivity index (χ0n) is 5.69. The van der Waals surface area contributed by atoms with Crippen LogP contribution < -0.4 is 11.3 Å². The van der Waals surface area contributed by atoms with Crippen LogP contribution in [0.4, 0.5) is 13.2 Å². The van der Waals surface area contributed by atoms with Crippen LogP contribution in [0.15, 0.2) is 0 Å². The van der Waals surface area contributed by atoms with E-state index in [9.17, 15) is 13.2 Å². The molecule has 0 aromatic rings. The maximum absolute atomic E-state index is 11.5. The quantitative estimate of drug-likeness (QED) is 0.469. The smallest absolute Gasteiger partial charge is 0.288 e. The first-order chi connectivity index (χ1) is 5.01. The van der Waals surface area contributed by atoms with Gasteiger partial charge in [0.05, 0.1) is 6.10 Å². The van der Waals surface area contributed by atoms with Crippen molar-refractivity contribution in [3.05, 3.63) is 0 Å². The molecule has 1 rings (SSSR count). The van der Waals surface area contributed by atoms with Crippen molar-refractivity contribution in [2.45, 2.75) is 31.3 Å². The first-order valence-electron chi connectivity index (χ1n) is 3.22. The molecule has 0 spiro atoms. The fourth-order valence-corrected chi connectivity index (χ4v) is 0.987. The van der Waals surface area contributed by atoms with Crippen molar-refractivity contribution in [2.75, 3.05) is 0 Å². The summed E-state index contributed by atoms with van der Waals surface area (Å²) < 4.78 is 38.2. The Bertz CT molecular complexity index is 132. The zero-order valence-corrected chi connectivity index (χ0v) is 5.69. The summed E-state index contributed by atoms with van der Waals surface area (Å²) in [5.41, 5.74) is 2.37. The molecule has 1 fully saturated rings. The summed E-state index contributed by atoms with van der Waals surface area (Å²) in [6, 6.07) is -0.0256. The number of rotatable bonds is 2. The Hall–Kier alpha value is -0.330. The van der Waals surface area contributed by atoms with E-state index in [2.05, 4.69) is 10.2 Å². The topological polar surface area (TPSA) is 47.3 Å². The Morgan fingerprint density at radius 3 is 2.27 bits per heavy atom. The third-order valence-corrected chi connectivity index (χ3v) is 1.63. The van der Waals surface area contributed by atoms with Crippen LogP contribution in [-0.2, 0) is 4.74 Å². The van der Waals surface area contributed by atoms with Crippen molar-refractivity contribution in [3.8, 4) is 0 Å². The summed E-state index contributed by atoms with van der Waals surface area (Å²) in [6.07, 6.45) is -4.56. The number of hydrogen-bond acceptors (Lipinski definition) is 3. The number of nitrogens with two attached hydrogens (primary N) is 1. The van der Waals surface area contributed by atoms with Gasteiger partial charge >= 0.3 is 6.36 Å². The first kappa shape index (κ1) is 8.76. The van der Waals surface area contributed by atoms with Gasteiger partial charge in [-0.1, -0.05) is 0 Å². The second-order valence-corrected chi connectivity index (χ2v) is 2.52. The van der Waals surface area contributed by atoms with E-state index in [4.69, 9.17) is 5.84 Å². The van der Waals surface area contributed by atoms with Crippen LogP contribution in [0.5, 0.6) is 0 Å². The van der Waals surface area contributed by atoms with Gasteiger partial charge in [-0.15, -0.1) is 13.2 Å². The molecule has 1 saturated carbocycles. The van der Waals surface area contributed by atoms with Crippen LogP contribution >= 0.6 is 0 Å². The van der Waals surface area contributed by atoms with Gasteiger partial charge in [-0.2, -0.15) is 0 Å². The highest BCUT2D eigenvalue weighted by atomic mass is 19.4. The Balaban J connectivity index is 2.14. The molecule has 0 aromatic carbocycles. The lowest BCUT2D eigenvalue weighted by Crippen LogP contribution is -2.49. The minimum absolute atomic E-state index is 0.0256. The lowest BCUT2D eigenvalue weighted by molar-refractivity contribution is -0.352. The van der Waals surface area contributed by atoms with Gasteiger partial charge < -0.3 is 0 Å². The predicted octanol–water partition coefficient (Wildman–Crippen LogP) is 0.517. The van der Waals surface area contributed by atoms with Gasteiger partial charge in [0.25, 0.3) is 0 Å². The third-order valence-electron chi connectivity index (χ3n) is 1.63. The summed E-state index contributed by atoms with van der Waals surface area (Å²) >= 11 is 0. The maximum Gasteiger partial charge on any atom is 0.522 e. The molecule has 0 aliphatic heterocycles. The van der Waals surface area contributed by atoms with Crippen molar-refractivity contribution in [3.63, 3.8) is 0 Å². The molecule has 0 atom stereocenters. The molecule has 0 saturated heterocycles. The van der Waals surface area contributed by atoms with Crippen LogP contribution in [0.1, 0.15) is 12.8 Å². The Kier molecular flexibility index (Phi) is 2.36. The second kappa shape index (κ2) is 2.96. The Labute approximate surface area is 61.7 Å². The third kappa shape index (κ3) is 2.64. The molecule has 6 heteroatoms.